The van der Waals surface area contributed by atoms with Gasteiger partial charge in [-0.2, -0.15) is 4.98 Å². The zero-order chi connectivity index (χ0) is 9.42. The zero-order valence-electron chi connectivity index (χ0n) is 6.24. The summed E-state index contributed by atoms with van der Waals surface area (Å²) in [6.45, 7) is 0. The van der Waals surface area contributed by atoms with Gasteiger partial charge < -0.3 is 5.73 Å². The van der Waals surface area contributed by atoms with Gasteiger partial charge in [-0.1, -0.05) is 0 Å². The summed E-state index contributed by atoms with van der Waals surface area (Å²) in [5.41, 5.74) is 6.51. The van der Waals surface area contributed by atoms with Crippen molar-refractivity contribution in [1.82, 2.24) is 13.9 Å². The number of rotatable bonds is 1. The Morgan fingerprint density at radius 2 is 2.31 bits per heavy atom. The third kappa shape index (κ3) is 1.31. The van der Waals surface area contributed by atoms with Gasteiger partial charge in [0.25, 0.3) is 0 Å². The molecule has 0 saturated heterocycles. The molecule has 2 rings (SSSR count). The maximum atomic E-state index is 12.3. The molecule has 0 aliphatic rings. The van der Waals surface area contributed by atoms with Crippen LogP contribution in [0.2, 0.25) is 5.28 Å². The molecule has 0 amide bonds. The Morgan fingerprint density at radius 3 is 3.00 bits per heavy atom. The van der Waals surface area contributed by atoms with Crippen molar-refractivity contribution in [1.29, 1.82) is 0 Å². The molecule has 2 N–H and O–H groups in total. The van der Waals surface area contributed by atoms with Gasteiger partial charge in [-0.05, 0) is 17.7 Å². The molecule has 2 aromatic heterocycles. The molecule has 7 heteroatoms. The normalized spacial score (nSPS) is 10.9. The molecule has 0 unspecified atom stereocenters. The van der Waals surface area contributed by atoms with E-state index in [0.29, 0.717) is 11.0 Å². The summed E-state index contributed by atoms with van der Waals surface area (Å²) < 4.78 is 13.5. The maximum absolute atomic E-state index is 12.3. The fourth-order valence-corrected chi connectivity index (χ4v) is 1.62. The molecule has 68 valence electrons. The number of anilines is 1. The molecule has 13 heavy (non-hydrogen) atoms. The van der Waals surface area contributed by atoms with E-state index in [1.807, 2.05) is 0 Å². The first-order valence-corrected chi connectivity index (χ1v) is 4.36. The summed E-state index contributed by atoms with van der Waals surface area (Å²) in [6.07, 6.45) is 1.51. The second-order valence-electron chi connectivity index (χ2n) is 2.32. The molecule has 0 aliphatic carbocycles. The fourth-order valence-electron chi connectivity index (χ4n) is 1.07. The molecular weight excluding hydrogens is 215 g/mol. The van der Waals surface area contributed by atoms with Crippen molar-refractivity contribution in [3.05, 3.63) is 17.5 Å². The minimum absolute atomic E-state index is 0.0386. The van der Waals surface area contributed by atoms with Crippen molar-refractivity contribution in [3.8, 4) is 0 Å². The Hall–Kier alpha value is -1.01. The summed E-state index contributed by atoms with van der Waals surface area (Å²) in [5, 5.41) is 0.0617. The van der Waals surface area contributed by atoms with Gasteiger partial charge in [0, 0.05) is 6.20 Å². The highest BCUT2D eigenvalue weighted by Crippen LogP contribution is 2.24. The summed E-state index contributed by atoms with van der Waals surface area (Å²) in [4.78, 5) is 7.59. The zero-order valence-corrected chi connectivity index (χ0v) is 7.81. The van der Waals surface area contributed by atoms with Gasteiger partial charge in [0.2, 0.25) is 5.28 Å². The summed E-state index contributed by atoms with van der Waals surface area (Å²) in [5.74, 6) is 0.171. The largest absolute Gasteiger partial charge is 0.382 e. The van der Waals surface area contributed by atoms with Crippen LogP contribution in [0.3, 0.4) is 0 Å². The van der Waals surface area contributed by atoms with Gasteiger partial charge in [0.1, 0.15) is 5.52 Å². The Labute approximate surface area is 82.3 Å². The minimum atomic E-state index is 0.0386. The van der Waals surface area contributed by atoms with Gasteiger partial charge >= 0.3 is 0 Å². The van der Waals surface area contributed by atoms with Gasteiger partial charge in [0.15, 0.2) is 18.2 Å². The quantitative estimate of drug-likeness (QED) is 0.745. The van der Waals surface area contributed by atoms with Crippen LogP contribution in [0.5, 0.6) is 0 Å². The third-order valence-electron chi connectivity index (χ3n) is 1.57. The number of nitrogens with two attached hydrogens (primary N) is 1. The molecule has 2 heterocycles. The molecule has 0 fully saturated rings. The van der Waals surface area contributed by atoms with Crippen LogP contribution < -0.4 is 5.73 Å². The van der Waals surface area contributed by atoms with Crippen LogP contribution in [0.25, 0.3) is 11.0 Å². The van der Waals surface area contributed by atoms with Crippen molar-refractivity contribution in [3.63, 3.8) is 0 Å². The monoisotopic (exact) mass is 218 g/mol. The van der Waals surface area contributed by atoms with Gasteiger partial charge in [-0.15, -0.1) is 3.89 Å². The van der Waals surface area contributed by atoms with Crippen molar-refractivity contribution in [2.75, 3.05) is 5.73 Å². The first-order chi connectivity index (χ1) is 6.22. The summed E-state index contributed by atoms with van der Waals surface area (Å²) in [7, 11) is 0. The first-order valence-electron chi connectivity index (χ1n) is 3.31. The van der Waals surface area contributed by atoms with Crippen LogP contribution in [0.15, 0.2) is 12.3 Å². The Morgan fingerprint density at radius 1 is 1.54 bits per heavy atom. The highest BCUT2D eigenvalue weighted by molar-refractivity contribution is 7.92. The van der Waals surface area contributed by atoms with E-state index in [-0.39, 0.29) is 23.4 Å². The lowest BCUT2D eigenvalue weighted by Gasteiger charge is -1.99. The minimum Gasteiger partial charge on any atom is -0.382 e. The average molecular weight is 219 g/mol. The van der Waals surface area contributed by atoms with E-state index in [1.165, 1.54) is 10.2 Å². The number of hydrogen-bond donors (Lipinski definition) is 1. The SMILES string of the molecule is Nc1nc(Cl)nc2ccn(SF)c12. The average Bonchev–Trinajstić information content (AvgIpc) is 2.47. The number of aromatic nitrogens is 3. The number of halogens is 2. The number of nitrogen functional groups attached to an aromatic ring is 1. The second kappa shape index (κ2) is 3.04. The molecule has 4 nitrogen and oxygen atoms in total. The van der Waals surface area contributed by atoms with Crippen LogP contribution in [-0.4, -0.2) is 13.9 Å². The Bertz CT molecular complexity index is 457. The first kappa shape index (κ1) is 8.58. The van der Waals surface area contributed by atoms with E-state index in [1.54, 1.807) is 6.07 Å². The summed E-state index contributed by atoms with van der Waals surface area (Å²) in [6, 6.07) is 1.62. The Kier molecular flexibility index (Phi) is 2.01. The van der Waals surface area contributed by atoms with Gasteiger partial charge in [0.05, 0.1) is 5.52 Å². The van der Waals surface area contributed by atoms with Gasteiger partial charge in [-0.25, -0.2) is 4.98 Å². The van der Waals surface area contributed by atoms with E-state index in [9.17, 15) is 3.89 Å². The highest BCUT2D eigenvalue weighted by Gasteiger charge is 2.09. The van der Waals surface area contributed by atoms with Crippen LogP contribution >= 0.6 is 23.9 Å². The number of fused-ring (bicyclic) bond motifs is 1. The van der Waals surface area contributed by atoms with Crippen molar-refractivity contribution in [2.45, 2.75) is 0 Å². The highest BCUT2D eigenvalue weighted by atomic mass is 35.5. The van der Waals surface area contributed by atoms with Gasteiger partial charge in [-0.3, -0.25) is 3.97 Å². The lowest BCUT2D eigenvalue weighted by Crippen LogP contribution is -1.96. The molecule has 0 saturated carbocycles. The lowest BCUT2D eigenvalue weighted by molar-refractivity contribution is 0.921. The van der Waals surface area contributed by atoms with E-state index in [4.69, 9.17) is 17.3 Å². The van der Waals surface area contributed by atoms with E-state index < -0.39 is 0 Å². The predicted octanol–water partition coefficient (Wildman–Crippen LogP) is 2.05. The van der Waals surface area contributed by atoms with Crippen LogP contribution in [0, 0.1) is 0 Å². The predicted molar refractivity (Wildman–Crippen MR) is 51.0 cm³/mol. The number of hydrogen-bond acceptors (Lipinski definition) is 4. The Balaban J connectivity index is 2.82. The fraction of sp³-hybridized carbons (Fsp3) is 0. The number of nitrogens with zero attached hydrogens (tertiary/aromatic N) is 3. The molecule has 0 bridgehead atoms. The maximum Gasteiger partial charge on any atom is 0.225 e. The van der Waals surface area contributed by atoms with Crippen LogP contribution in [0.1, 0.15) is 0 Å². The topological polar surface area (TPSA) is 56.7 Å². The smallest absolute Gasteiger partial charge is 0.225 e. The third-order valence-corrected chi connectivity index (χ3v) is 2.20. The van der Waals surface area contributed by atoms with Crippen LogP contribution in [0.4, 0.5) is 9.70 Å². The molecule has 0 aliphatic heterocycles. The molecule has 0 radical (unpaired) electrons. The van der Waals surface area contributed by atoms with Crippen molar-refractivity contribution >= 4 is 40.8 Å². The van der Waals surface area contributed by atoms with E-state index >= 15 is 0 Å². The second-order valence-corrected chi connectivity index (χ2v) is 3.19. The van der Waals surface area contributed by atoms with Crippen molar-refractivity contribution in [2.24, 2.45) is 0 Å². The standard InChI is InChI=1S/C6H4ClFN4S/c7-6-10-3-1-2-12(13-8)4(3)5(9)11-6/h1-2H,(H2,9,10,11). The summed E-state index contributed by atoms with van der Waals surface area (Å²) >= 11 is 5.60. The van der Waals surface area contributed by atoms with E-state index in [2.05, 4.69) is 9.97 Å². The molecule has 0 aromatic carbocycles. The van der Waals surface area contributed by atoms with E-state index in [0.717, 1.165) is 0 Å². The molecular formula is C6H4ClFN4S. The lowest BCUT2D eigenvalue weighted by atomic mass is 10.4. The van der Waals surface area contributed by atoms with Crippen LogP contribution in [-0.2, 0) is 0 Å². The van der Waals surface area contributed by atoms with Crippen molar-refractivity contribution < 1.29 is 3.89 Å². The molecule has 0 atom stereocenters. The molecule has 2 aromatic rings. The molecule has 0 spiro atoms.